The van der Waals surface area contributed by atoms with E-state index in [1.54, 1.807) is 26.4 Å². The summed E-state index contributed by atoms with van der Waals surface area (Å²) in [5.41, 5.74) is 3.39. The van der Waals surface area contributed by atoms with Gasteiger partial charge in [0.05, 0.1) is 13.7 Å². The summed E-state index contributed by atoms with van der Waals surface area (Å²) < 4.78 is 24.0. The van der Waals surface area contributed by atoms with Crippen molar-refractivity contribution in [1.29, 1.82) is 0 Å². The monoisotopic (exact) mass is 358 g/mol. The van der Waals surface area contributed by atoms with Crippen LogP contribution in [0.3, 0.4) is 0 Å². The van der Waals surface area contributed by atoms with E-state index in [1.807, 2.05) is 12.1 Å². The van der Waals surface area contributed by atoms with Gasteiger partial charge >= 0.3 is 0 Å². The van der Waals surface area contributed by atoms with Gasteiger partial charge in [0.25, 0.3) is 0 Å². The molecule has 0 aromatic heterocycles. The van der Waals surface area contributed by atoms with Crippen molar-refractivity contribution in [1.82, 2.24) is 9.80 Å². The van der Waals surface area contributed by atoms with E-state index in [-0.39, 0.29) is 5.82 Å². The Morgan fingerprint density at radius 2 is 1.54 bits per heavy atom. The average molecular weight is 358 g/mol. The second-order valence-electron chi connectivity index (χ2n) is 6.76. The van der Waals surface area contributed by atoms with E-state index in [9.17, 15) is 4.39 Å². The highest BCUT2D eigenvalue weighted by molar-refractivity contribution is 5.37. The molecule has 0 aliphatic carbocycles. The second kappa shape index (κ2) is 9.12. The maximum atomic E-state index is 13.3. The highest BCUT2D eigenvalue weighted by Gasteiger charge is 2.17. The third kappa shape index (κ3) is 5.04. The van der Waals surface area contributed by atoms with Gasteiger partial charge in [0, 0.05) is 51.9 Å². The molecule has 3 rings (SSSR count). The third-order valence-electron chi connectivity index (χ3n) is 4.81. The van der Waals surface area contributed by atoms with Gasteiger partial charge in [-0.05, 0) is 35.4 Å². The zero-order chi connectivity index (χ0) is 18.4. The van der Waals surface area contributed by atoms with Crippen molar-refractivity contribution in [3.05, 3.63) is 65.0 Å². The number of halogens is 1. The maximum Gasteiger partial charge on any atom is 0.124 e. The molecule has 2 aromatic rings. The van der Waals surface area contributed by atoms with Crippen LogP contribution in [0.1, 0.15) is 16.7 Å². The van der Waals surface area contributed by atoms with Crippen molar-refractivity contribution < 1.29 is 13.9 Å². The highest BCUT2D eigenvalue weighted by Crippen LogP contribution is 2.22. The van der Waals surface area contributed by atoms with E-state index in [0.717, 1.165) is 56.1 Å². The molecule has 4 nitrogen and oxygen atoms in total. The molecule has 0 bridgehead atoms. The number of ether oxygens (including phenoxy) is 2. The Morgan fingerprint density at radius 1 is 0.885 bits per heavy atom. The van der Waals surface area contributed by atoms with Crippen molar-refractivity contribution in [3.8, 4) is 5.75 Å². The van der Waals surface area contributed by atoms with E-state index < -0.39 is 0 Å². The minimum atomic E-state index is -0.160. The van der Waals surface area contributed by atoms with Crippen molar-refractivity contribution in [2.75, 3.05) is 40.4 Å². The number of rotatable bonds is 7. The predicted octanol–water partition coefficient (Wildman–Crippen LogP) is 3.30. The van der Waals surface area contributed by atoms with Crippen molar-refractivity contribution in [3.63, 3.8) is 0 Å². The van der Waals surface area contributed by atoms with Gasteiger partial charge < -0.3 is 9.47 Å². The zero-order valence-corrected chi connectivity index (χ0v) is 15.6. The number of nitrogens with zero attached hydrogens (tertiary/aromatic N) is 2. The Labute approximate surface area is 155 Å². The van der Waals surface area contributed by atoms with Crippen LogP contribution in [0, 0.1) is 5.82 Å². The molecule has 1 aliphatic rings. The van der Waals surface area contributed by atoms with Gasteiger partial charge in [0.15, 0.2) is 0 Å². The Bertz CT molecular complexity index is 715. The molecule has 2 aromatic carbocycles. The van der Waals surface area contributed by atoms with Crippen molar-refractivity contribution in [2.45, 2.75) is 19.7 Å². The fourth-order valence-corrected chi connectivity index (χ4v) is 3.46. The van der Waals surface area contributed by atoms with Gasteiger partial charge in [0.1, 0.15) is 11.6 Å². The van der Waals surface area contributed by atoms with Gasteiger partial charge in [0.2, 0.25) is 0 Å². The Morgan fingerprint density at radius 3 is 2.12 bits per heavy atom. The van der Waals surface area contributed by atoms with Crippen LogP contribution in [0.2, 0.25) is 0 Å². The first-order valence-corrected chi connectivity index (χ1v) is 9.02. The van der Waals surface area contributed by atoms with E-state index in [1.165, 1.54) is 11.6 Å². The van der Waals surface area contributed by atoms with Crippen LogP contribution >= 0.6 is 0 Å². The molecule has 26 heavy (non-hydrogen) atoms. The number of piperazine rings is 1. The molecule has 0 radical (unpaired) electrons. The van der Waals surface area contributed by atoms with Crippen LogP contribution in [0.15, 0.2) is 42.5 Å². The molecule has 0 spiro atoms. The molecule has 0 saturated carbocycles. The first-order chi connectivity index (χ1) is 12.7. The number of hydrogen-bond acceptors (Lipinski definition) is 4. The smallest absolute Gasteiger partial charge is 0.124 e. The van der Waals surface area contributed by atoms with E-state index in [2.05, 4.69) is 21.9 Å². The van der Waals surface area contributed by atoms with Crippen LogP contribution in [-0.4, -0.2) is 50.2 Å². The van der Waals surface area contributed by atoms with Gasteiger partial charge in [-0.25, -0.2) is 4.39 Å². The van der Waals surface area contributed by atoms with Crippen LogP contribution in [0.5, 0.6) is 5.75 Å². The molecular formula is C21H27FN2O2. The molecule has 1 saturated heterocycles. The standard InChI is InChI=1S/C21H27FN2O2/c1-25-16-19-12-18(6-7-21(19)26-2)15-24-10-8-23(9-11-24)14-17-4-3-5-20(22)13-17/h3-7,12-13H,8-11,14-16H2,1-2H3. The molecular weight excluding hydrogens is 331 g/mol. The molecule has 0 atom stereocenters. The minimum absolute atomic E-state index is 0.160. The lowest BCUT2D eigenvalue weighted by Crippen LogP contribution is -2.45. The number of methoxy groups -OCH3 is 2. The summed E-state index contributed by atoms with van der Waals surface area (Å²) in [5, 5.41) is 0. The summed E-state index contributed by atoms with van der Waals surface area (Å²) in [6.45, 7) is 6.32. The van der Waals surface area contributed by atoms with Crippen LogP contribution in [0.4, 0.5) is 4.39 Å². The summed E-state index contributed by atoms with van der Waals surface area (Å²) in [4.78, 5) is 4.84. The molecule has 0 amide bonds. The lowest BCUT2D eigenvalue weighted by molar-refractivity contribution is 0.122. The summed E-state index contributed by atoms with van der Waals surface area (Å²) >= 11 is 0. The Kier molecular flexibility index (Phi) is 6.61. The highest BCUT2D eigenvalue weighted by atomic mass is 19.1. The Balaban J connectivity index is 1.53. The summed E-state index contributed by atoms with van der Waals surface area (Å²) in [7, 11) is 3.38. The molecule has 1 fully saturated rings. The number of benzene rings is 2. The van der Waals surface area contributed by atoms with Crippen LogP contribution < -0.4 is 4.74 Å². The van der Waals surface area contributed by atoms with Crippen LogP contribution in [0.25, 0.3) is 0 Å². The summed E-state index contributed by atoms with van der Waals surface area (Å²) in [6.07, 6.45) is 0. The predicted molar refractivity (Wildman–Crippen MR) is 101 cm³/mol. The zero-order valence-electron chi connectivity index (χ0n) is 15.6. The first-order valence-electron chi connectivity index (χ1n) is 9.02. The molecule has 140 valence electrons. The minimum Gasteiger partial charge on any atom is -0.496 e. The van der Waals surface area contributed by atoms with E-state index >= 15 is 0 Å². The summed E-state index contributed by atoms with van der Waals surface area (Å²) in [6, 6.07) is 13.2. The van der Waals surface area contributed by atoms with Gasteiger partial charge in [-0.15, -0.1) is 0 Å². The van der Waals surface area contributed by atoms with Crippen molar-refractivity contribution in [2.24, 2.45) is 0 Å². The van der Waals surface area contributed by atoms with E-state index in [0.29, 0.717) is 6.61 Å². The molecule has 1 aliphatic heterocycles. The number of hydrogen-bond donors (Lipinski definition) is 0. The molecule has 1 heterocycles. The van der Waals surface area contributed by atoms with Crippen LogP contribution in [-0.2, 0) is 24.4 Å². The van der Waals surface area contributed by atoms with Gasteiger partial charge in [-0.1, -0.05) is 18.2 Å². The average Bonchev–Trinajstić information content (AvgIpc) is 2.64. The topological polar surface area (TPSA) is 24.9 Å². The van der Waals surface area contributed by atoms with Gasteiger partial charge in [-0.2, -0.15) is 0 Å². The van der Waals surface area contributed by atoms with Gasteiger partial charge in [-0.3, -0.25) is 9.80 Å². The van der Waals surface area contributed by atoms with E-state index in [4.69, 9.17) is 9.47 Å². The quantitative estimate of drug-likeness (QED) is 0.758. The first kappa shape index (κ1) is 18.8. The third-order valence-corrected chi connectivity index (χ3v) is 4.81. The lowest BCUT2D eigenvalue weighted by Gasteiger charge is -2.34. The molecule has 0 N–H and O–H groups in total. The normalized spacial score (nSPS) is 16.0. The largest absolute Gasteiger partial charge is 0.496 e. The fraction of sp³-hybridized carbons (Fsp3) is 0.429. The Hall–Kier alpha value is -1.95. The molecule has 5 heteroatoms. The molecule has 0 unspecified atom stereocenters. The SMILES string of the molecule is COCc1cc(CN2CCN(Cc3cccc(F)c3)CC2)ccc1OC. The maximum absolute atomic E-state index is 13.3. The fourth-order valence-electron chi connectivity index (χ4n) is 3.46. The summed E-state index contributed by atoms with van der Waals surface area (Å²) in [5.74, 6) is 0.711. The van der Waals surface area contributed by atoms with Crippen molar-refractivity contribution >= 4 is 0 Å². The lowest BCUT2D eigenvalue weighted by atomic mass is 10.1. The second-order valence-corrected chi connectivity index (χ2v) is 6.76.